The van der Waals surface area contributed by atoms with E-state index in [4.69, 9.17) is 20.4 Å². The van der Waals surface area contributed by atoms with Gasteiger partial charge in [0.1, 0.15) is 12.4 Å². The summed E-state index contributed by atoms with van der Waals surface area (Å²) >= 11 is 0. The van der Waals surface area contributed by atoms with Crippen molar-refractivity contribution in [2.24, 2.45) is 10.9 Å². The van der Waals surface area contributed by atoms with Gasteiger partial charge in [-0.05, 0) is 12.1 Å². The van der Waals surface area contributed by atoms with Crippen LogP contribution in [-0.2, 0) is 9.53 Å². The Balaban J connectivity index is 2.64. The largest absolute Gasteiger partial charge is 0.483 e. The number of methoxy groups -OCH3 is 1. The molecule has 0 aliphatic heterocycles. The zero-order valence-corrected chi connectivity index (χ0v) is 10.6. The number of oxime groups is 1. The van der Waals surface area contributed by atoms with Gasteiger partial charge in [0, 0.05) is 7.11 Å². The second-order valence-electron chi connectivity index (χ2n) is 3.67. The van der Waals surface area contributed by atoms with Crippen molar-refractivity contribution in [1.29, 1.82) is 0 Å². The van der Waals surface area contributed by atoms with Crippen LogP contribution in [0.3, 0.4) is 0 Å². The first-order chi connectivity index (χ1) is 9.17. The van der Waals surface area contributed by atoms with Crippen LogP contribution in [0.1, 0.15) is 6.42 Å². The van der Waals surface area contributed by atoms with Crippen LogP contribution in [0.4, 0.5) is 5.69 Å². The topological polar surface area (TPSA) is 106 Å². The summed E-state index contributed by atoms with van der Waals surface area (Å²) in [6.07, 6.45) is 0.255. The van der Waals surface area contributed by atoms with Crippen LogP contribution in [0.25, 0.3) is 0 Å². The Morgan fingerprint density at radius 2 is 2.21 bits per heavy atom. The van der Waals surface area contributed by atoms with Crippen LogP contribution in [0.15, 0.2) is 29.4 Å². The van der Waals surface area contributed by atoms with E-state index in [1.165, 1.54) is 7.11 Å². The highest BCUT2D eigenvalue weighted by molar-refractivity contribution is 5.92. The summed E-state index contributed by atoms with van der Waals surface area (Å²) in [4.78, 5) is 11.6. The number of hydrogen-bond acceptors (Lipinski definition) is 5. The molecule has 0 atom stereocenters. The smallest absolute Gasteiger partial charge is 0.226 e. The number of nitrogens with two attached hydrogens (primary N) is 1. The summed E-state index contributed by atoms with van der Waals surface area (Å²) in [6.45, 7) is 0.278. The molecule has 19 heavy (non-hydrogen) atoms. The molecule has 0 spiro atoms. The minimum absolute atomic E-state index is 0.0551. The van der Waals surface area contributed by atoms with Crippen LogP contribution >= 0.6 is 0 Å². The van der Waals surface area contributed by atoms with E-state index in [2.05, 4.69) is 10.5 Å². The minimum atomic E-state index is -0.179. The highest BCUT2D eigenvalue weighted by atomic mass is 16.5. The molecule has 1 rings (SSSR count). The van der Waals surface area contributed by atoms with Crippen LogP contribution in [0.2, 0.25) is 0 Å². The summed E-state index contributed by atoms with van der Waals surface area (Å²) in [6, 6.07) is 6.90. The summed E-state index contributed by atoms with van der Waals surface area (Å²) in [5.41, 5.74) is 5.83. The fourth-order valence-corrected chi connectivity index (χ4v) is 1.28. The molecule has 1 aromatic carbocycles. The van der Waals surface area contributed by atoms with Gasteiger partial charge in [-0.25, -0.2) is 0 Å². The minimum Gasteiger partial charge on any atom is -0.483 e. The Hall–Kier alpha value is -2.28. The van der Waals surface area contributed by atoms with E-state index in [0.29, 0.717) is 18.0 Å². The molecule has 0 heterocycles. The Labute approximate surface area is 111 Å². The Kier molecular flexibility index (Phi) is 6.17. The van der Waals surface area contributed by atoms with Gasteiger partial charge in [0.25, 0.3) is 0 Å². The molecule has 7 heteroatoms. The number of hydrogen-bond donors (Lipinski definition) is 3. The van der Waals surface area contributed by atoms with E-state index in [-0.39, 0.29) is 24.8 Å². The van der Waals surface area contributed by atoms with Crippen LogP contribution in [0.5, 0.6) is 5.75 Å². The molecule has 0 bridgehead atoms. The van der Waals surface area contributed by atoms with Gasteiger partial charge in [-0.3, -0.25) is 4.79 Å². The van der Waals surface area contributed by atoms with Crippen molar-refractivity contribution in [1.82, 2.24) is 0 Å². The Bertz CT molecular complexity index is 448. The Morgan fingerprint density at radius 1 is 1.47 bits per heavy atom. The van der Waals surface area contributed by atoms with Crippen molar-refractivity contribution in [3.63, 3.8) is 0 Å². The molecule has 0 saturated heterocycles. The molecular weight excluding hydrogens is 250 g/mol. The van der Waals surface area contributed by atoms with Crippen molar-refractivity contribution in [3.05, 3.63) is 24.3 Å². The van der Waals surface area contributed by atoms with E-state index in [9.17, 15) is 4.79 Å². The van der Waals surface area contributed by atoms with E-state index < -0.39 is 0 Å². The lowest BCUT2D eigenvalue weighted by atomic mass is 10.3. The number of amides is 1. The maximum absolute atomic E-state index is 11.6. The number of para-hydroxylation sites is 2. The predicted molar refractivity (Wildman–Crippen MR) is 70.5 cm³/mol. The Morgan fingerprint density at radius 3 is 2.89 bits per heavy atom. The van der Waals surface area contributed by atoms with Gasteiger partial charge in [0.15, 0.2) is 5.84 Å². The lowest BCUT2D eigenvalue weighted by molar-refractivity contribution is -0.117. The quantitative estimate of drug-likeness (QED) is 0.293. The van der Waals surface area contributed by atoms with Crippen molar-refractivity contribution in [2.75, 3.05) is 25.6 Å². The first-order valence-corrected chi connectivity index (χ1v) is 5.64. The average molecular weight is 267 g/mol. The van der Waals surface area contributed by atoms with E-state index in [1.54, 1.807) is 24.3 Å². The van der Waals surface area contributed by atoms with Crippen molar-refractivity contribution < 1.29 is 19.5 Å². The number of benzene rings is 1. The molecule has 7 nitrogen and oxygen atoms in total. The zero-order chi connectivity index (χ0) is 14.1. The standard InChI is InChI=1S/C12H17N3O4/c1-18-7-6-12(16)14-9-4-2-3-5-10(9)19-8-11(13)15-17/h2-5,17H,6-8H2,1H3,(H2,13,15)(H,14,16). The number of nitrogens with one attached hydrogen (secondary N) is 1. The molecular formula is C12H17N3O4. The van der Waals surface area contributed by atoms with Gasteiger partial charge in [-0.2, -0.15) is 0 Å². The van der Waals surface area contributed by atoms with Crippen LogP contribution in [-0.4, -0.2) is 37.3 Å². The van der Waals surface area contributed by atoms with Gasteiger partial charge >= 0.3 is 0 Å². The first kappa shape index (κ1) is 14.8. The fourth-order valence-electron chi connectivity index (χ4n) is 1.28. The van der Waals surface area contributed by atoms with E-state index in [1.807, 2.05) is 0 Å². The number of anilines is 1. The lowest BCUT2D eigenvalue weighted by Gasteiger charge is -2.11. The van der Waals surface area contributed by atoms with Gasteiger partial charge in [-0.1, -0.05) is 17.3 Å². The number of carbonyl (C=O) groups is 1. The molecule has 1 amide bonds. The third-order valence-corrected chi connectivity index (χ3v) is 2.20. The third-order valence-electron chi connectivity index (χ3n) is 2.20. The summed E-state index contributed by atoms with van der Waals surface area (Å²) in [7, 11) is 1.53. The molecule has 0 radical (unpaired) electrons. The monoisotopic (exact) mass is 267 g/mol. The molecule has 0 fully saturated rings. The maximum atomic E-state index is 11.6. The highest BCUT2D eigenvalue weighted by Crippen LogP contribution is 2.23. The number of ether oxygens (including phenoxy) is 2. The van der Waals surface area contributed by atoms with Gasteiger partial charge < -0.3 is 25.7 Å². The van der Waals surface area contributed by atoms with Crippen molar-refractivity contribution in [3.8, 4) is 5.75 Å². The second kappa shape index (κ2) is 7.93. The van der Waals surface area contributed by atoms with Crippen LogP contribution < -0.4 is 15.8 Å². The fraction of sp³-hybridized carbons (Fsp3) is 0.333. The lowest BCUT2D eigenvalue weighted by Crippen LogP contribution is -2.21. The molecule has 104 valence electrons. The summed E-state index contributed by atoms with van der Waals surface area (Å²) < 4.78 is 10.2. The number of rotatable bonds is 7. The molecule has 4 N–H and O–H groups in total. The molecule has 0 aromatic heterocycles. The second-order valence-corrected chi connectivity index (χ2v) is 3.67. The van der Waals surface area contributed by atoms with E-state index >= 15 is 0 Å². The molecule has 1 aromatic rings. The normalized spacial score (nSPS) is 11.1. The highest BCUT2D eigenvalue weighted by Gasteiger charge is 2.07. The van der Waals surface area contributed by atoms with Gasteiger partial charge in [0.2, 0.25) is 5.91 Å². The predicted octanol–water partition coefficient (Wildman–Crippen LogP) is 0.787. The van der Waals surface area contributed by atoms with Crippen molar-refractivity contribution >= 4 is 17.4 Å². The molecule has 0 aliphatic carbocycles. The zero-order valence-electron chi connectivity index (χ0n) is 10.6. The average Bonchev–Trinajstić information content (AvgIpc) is 2.43. The summed E-state index contributed by atoms with van der Waals surface area (Å²) in [5, 5.41) is 13.9. The summed E-state index contributed by atoms with van der Waals surface area (Å²) in [5.74, 6) is 0.210. The maximum Gasteiger partial charge on any atom is 0.226 e. The van der Waals surface area contributed by atoms with E-state index in [0.717, 1.165) is 0 Å². The SMILES string of the molecule is COCCC(=O)Nc1ccccc1OCC(N)=NO. The van der Waals surface area contributed by atoms with Gasteiger partial charge in [-0.15, -0.1) is 0 Å². The number of carbonyl (C=O) groups excluding carboxylic acids is 1. The van der Waals surface area contributed by atoms with Crippen molar-refractivity contribution in [2.45, 2.75) is 6.42 Å². The molecule has 0 saturated carbocycles. The third kappa shape index (κ3) is 5.26. The number of amidine groups is 1. The molecule has 0 unspecified atom stereocenters. The van der Waals surface area contributed by atoms with Crippen LogP contribution in [0, 0.1) is 0 Å². The first-order valence-electron chi connectivity index (χ1n) is 5.64. The number of nitrogens with zero attached hydrogens (tertiary/aromatic N) is 1. The molecule has 0 aliphatic rings. The van der Waals surface area contributed by atoms with Gasteiger partial charge in [0.05, 0.1) is 18.7 Å².